The van der Waals surface area contributed by atoms with Crippen LogP contribution in [-0.4, -0.2) is 13.4 Å². The Hall–Kier alpha value is -1.76. The lowest BCUT2D eigenvalue weighted by Gasteiger charge is -2.00. The van der Waals surface area contributed by atoms with Gasteiger partial charge in [-0.05, 0) is 48.5 Å². The highest BCUT2D eigenvalue weighted by molar-refractivity contribution is 7.93. The second-order valence-electron chi connectivity index (χ2n) is 4.46. The monoisotopic (exact) mass is 353 g/mol. The van der Waals surface area contributed by atoms with Crippen LogP contribution in [0, 0.1) is 5.82 Å². The summed E-state index contributed by atoms with van der Waals surface area (Å²) in [6.45, 7) is 0. The van der Waals surface area contributed by atoms with Crippen molar-refractivity contribution in [2.45, 2.75) is 9.24 Å². The summed E-state index contributed by atoms with van der Waals surface area (Å²) in [5, 5.41) is 2.10. The lowest BCUT2D eigenvalue weighted by atomic mass is 10.2. The van der Waals surface area contributed by atoms with Crippen LogP contribution in [-0.2, 0) is 9.84 Å². The van der Waals surface area contributed by atoms with E-state index in [1.165, 1.54) is 36.4 Å². The number of thiazole rings is 1. The van der Waals surface area contributed by atoms with Gasteiger partial charge in [-0.1, -0.05) is 11.6 Å². The molecule has 0 aliphatic rings. The van der Waals surface area contributed by atoms with Crippen molar-refractivity contribution >= 4 is 32.8 Å². The maximum Gasteiger partial charge on any atom is 0.233 e. The van der Waals surface area contributed by atoms with Gasteiger partial charge in [0.15, 0.2) is 0 Å². The highest BCUT2D eigenvalue weighted by Crippen LogP contribution is 2.29. The van der Waals surface area contributed by atoms with Crippen molar-refractivity contribution in [2.24, 2.45) is 0 Å². The molecule has 0 saturated carbocycles. The van der Waals surface area contributed by atoms with Gasteiger partial charge in [0, 0.05) is 16.0 Å². The smallest absolute Gasteiger partial charge is 0.225 e. The van der Waals surface area contributed by atoms with Crippen LogP contribution in [0.3, 0.4) is 0 Å². The maximum atomic E-state index is 12.9. The average molecular weight is 354 g/mol. The number of hydrogen-bond acceptors (Lipinski definition) is 4. The van der Waals surface area contributed by atoms with Gasteiger partial charge in [-0.2, -0.15) is 0 Å². The highest BCUT2D eigenvalue weighted by atomic mass is 35.5. The normalized spacial score (nSPS) is 11.5. The summed E-state index contributed by atoms with van der Waals surface area (Å²) in [6, 6.07) is 11.6. The summed E-state index contributed by atoms with van der Waals surface area (Å²) in [6.07, 6.45) is 0. The summed E-state index contributed by atoms with van der Waals surface area (Å²) in [5.41, 5.74) is 1.16. The van der Waals surface area contributed by atoms with Crippen molar-refractivity contribution in [3.63, 3.8) is 0 Å². The SMILES string of the molecule is O=S(=O)(c1ccc(Cl)cc1)c1nc(-c2ccc(F)cc2)cs1. The zero-order valence-corrected chi connectivity index (χ0v) is 13.4. The van der Waals surface area contributed by atoms with Crippen molar-refractivity contribution in [3.8, 4) is 11.3 Å². The molecule has 0 aliphatic heterocycles. The lowest BCUT2D eigenvalue weighted by Crippen LogP contribution is -2.01. The van der Waals surface area contributed by atoms with Gasteiger partial charge in [0.25, 0.3) is 0 Å². The minimum absolute atomic E-state index is 0.00542. The van der Waals surface area contributed by atoms with Crippen LogP contribution in [0.15, 0.2) is 63.1 Å². The summed E-state index contributed by atoms with van der Waals surface area (Å²) >= 11 is 6.79. The third-order valence-electron chi connectivity index (χ3n) is 2.98. The number of aromatic nitrogens is 1. The van der Waals surface area contributed by atoms with Crippen molar-refractivity contribution in [2.75, 3.05) is 0 Å². The molecule has 2 aromatic carbocycles. The second-order valence-corrected chi connectivity index (χ2v) is 7.88. The van der Waals surface area contributed by atoms with Crippen LogP contribution in [0.5, 0.6) is 0 Å². The Morgan fingerprint density at radius 2 is 1.64 bits per heavy atom. The summed E-state index contributed by atoms with van der Waals surface area (Å²) in [7, 11) is -3.68. The van der Waals surface area contributed by atoms with Crippen molar-refractivity contribution in [1.29, 1.82) is 0 Å². The van der Waals surface area contributed by atoms with Gasteiger partial charge in [0.2, 0.25) is 14.2 Å². The third kappa shape index (κ3) is 2.90. The fraction of sp³-hybridized carbons (Fsp3) is 0. The number of rotatable bonds is 3. The number of halogens is 2. The molecule has 1 heterocycles. The van der Waals surface area contributed by atoms with Gasteiger partial charge in [-0.3, -0.25) is 0 Å². The first-order valence-electron chi connectivity index (χ1n) is 6.19. The Labute approximate surface area is 135 Å². The van der Waals surface area contributed by atoms with Gasteiger partial charge in [0.1, 0.15) is 5.82 Å². The molecule has 0 fully saturated rings. The highest BCUT2D eigenvalue weighted by Gasteiger charge is 2.22. The summed E-state index contributed by atoms with van der Waals surface area (Å²) in [4.78, 5) is 4.29. The van der Waals surface area contributed by atoms with Crippen LogP contribution < -0.4 is 0 Å². The van der Waals surface area contributed by atoms with Crippen molar-refractivity contribution < 1.29 is 12.8 Å². The molecule has 3 rings (SSSR count). The lowest BCUT2D eigenvalue weighted by molar-refractivity contribution is 0.595. The van der Waals surface area contributed by atoms with E-state index in [9.17, 15) is 12.8 Å². The second kappa shape index (κ2) is 5.79. The van der Waals surface area contributed by atoms with E-state index in [4.69, 9.17) is 11.6 Å². The number of nitrogens with zero attached hydrogens (tertiary/aromatic N) is 1. The van der Waals surface area contributed by atoms with Crippen LogP contribution in [0.2, 0.25) is 5.02 Å². The maximum absolute atomic E-state index is 12.9. The number of sulfone groups is 1. The molecule has 0 atom stereocenters. The largest absolute Gasteiger partial charge is 0.233 e. The summed E-state index contributed by atoms with van der Waals surface area (Å²) < 4.78 is 37.9. The van der Waals surface area contributed by atoms with Gasteiger partial charge in [-0.25, -0.2) is 17.8 Å². The molecule has 22 heavy (non-hydrogen) atoms. The Morgan fingerprint density at radius 1 is 1.00 bits per heavy atom. The molecule has 112 valence electrons. The molecule has 0 radical (unpaired) electrons. The summed E-state index contributed by atoms with van der Waals surface area (Å²) in [5.74, 6) is -0.354. The molecule has 3 nitrogen and oxygen atoms in total. The molecule has 0 saturated heterocycles. The Balaban J connectivity index is 1.99. The Morgan fingerprint density at radius 3 is 2.27 bits per heavy atom. The van der Waals surface area contributed by atoms with Gasteiger partial charge in [-0.15, -0.1) is 11.3 Å². The molecule has 0 bridgehead atoms. The first kappa shape index (κ1) is 15.1. The van der Waals surface area contributed by atoms with E-state index in [1.54, 1.807) is 17.5 Å². The van der Waals surface area contributed by atoms with E-state index < -0.39 is 9.84 Å². The van der Waals surface area contributed by atoms with Crippen LogP contribution in [0.4, 0.5) is 4.39 Å². The van der Waals surface area contributed by atoms with Gasteiger partial charge < -0.3 is 0 Å². The molecular weight excluding hydrogens is 345 g/mol. The molecule has 0 unspecified atom stereocenters. The fourth-order valence-electron chi connectivity index (χ4n) is 1.85. The third-order valence-corrected chi connectivity index (χ3v) is 6.25. The standard InChI is InChI=1S/C15H9ClFNO2S2/c16-11-3-7-13(8-4-11)22(19,20)15-18-14(9-21-15)10-1-5-12(17)6-2-10/h1-9H. The molecule has 1 aromatic heterocycles. The van der Waals surface area contributed by atoms with E-state index in [1.807, 2.05) is 0 Å². The molecule has 0 spiro atoms. The quantitative estimate of drug-likeness (QED) is 0.699. The zero-order valence-electron chi connectivity index (χ0n) is 11.0. The molecular formula is C15H9ClFNO2S2. The van der Waals surface area contributed by atoms with Crippen molar-refractivity contribution in [3.05, 3.63) is 64.8 Å². The Kier molecular flexibility index (Phi) is 3.99. The van der Waals surface area contributed by atoms with Crippen molar-refractivity contribution in [1.82, 2.24) is 4.98 Å². The van der Waals surface area contributed by atoms with E-state index in [0.29, 0.717) is 16.3 Å². The topological polar surface area (TPSA) is 47.0 Å². The van der Waals surface area contributed by atoms with E-state index >= 15 is 0 Å². The van der Waals surface area contributed by atoms with Crippen LogP contribution in [0.25, 0.3) is 11.3 Å². The van der Waals surface area contributed by atoms with Gasteiger partial charge >= 0.3 is 0 Å². The predicted octanol–water partition coefficient (Wildman–Crippen LogP) is 4.44. The van der Waals surface area contributed by atoms with E-state index in [2.05, 4.69) is 4.98 Å². The number of benzene rings is 2. The number of hydrogen-bond donors (Lipinski definition) is 0. The van der Waals surface area contributed by atoms with E-state index in [-0.39, 0.29) is 15.1 Å². The van der Waals surface area contributed by atoms with Crippen LogP contribution >= 0.6 is 22.9 Å². The molecule has 7 heteroatoms. The minimum Gasteiger partial charge on any atom is -0.225 e. The first-order valence-corrected chi connectivity index (χ1v) is 8.93. The fourth-order valence-corrected chi connectivity index (χ4v) is 4.38. The molecule has 0 N–H and O–H groups in total. The average Bonchev–Trinajstić information content (AvgIpc) is 2.99. The Bertz CT molecular complexity index is 903. The zero-order chi connectivity index (χ0) is 15.7. The molecule has 3 aromatic rings. The molecule has 0 amide bonds. The molecule has 0 aliphatic carbocycles. The van der Waals surface area contributed by atoms with E-state index in [0.717, 1.165) is 11.3 Å². The minimum atomic E-state index is -3.68. The van der Waals surface area contributed by atoms with Gasteiger partial charge in [0.05, 0.1) is 10.6 Å². The first-order chi connectivity index (χ1) is 10.5. The predicted molar refractivity (Wildman–Crippen MR) is 84.4 cm³/mol. The van der Waals surface area contributed by atoms with Crippen LogP contribution in [0.1, 0.15) is 0 Å².